The number of nitrogens with two attached hydrogens (primary N) is 1. The molecule has 1 unspecified atom stereocenters. The Balaban J connectivity index is 2.04. The fourth-order valence-electron chi connectivity index (χ4n) is 2.54. The maximum atomic E-state index is 9.30. The zero-order chi connectivity index (χ0) is 13.9. The van der Waals surface area contributed by atoms with Crippen molar-refractivity contribution in [1.29, 1.82) is 0 Å². The molecule has 2 heterocycles. The number of aliphatic hydroxyl groups is 1. The summed E-state index contributed by atoms with van der Waals surface area (Å²) in [7, 11) is 0. The zero-order valence-corrected chi connectivity index (χ0v) is 11.5. The average molecular weight is 266 g/mol. The minimum Gasteiger partial charge on any atom is -0.394 e. The second kappa shape index (κ2) is 5.83. The topological polar surface area (TPSA) is 83.6 Å². The van der Waals surface area contributed by atoms with Gasteiger partial charge in [0.2, 0.25) is 0 Å². The molecule has 0 saturated carbocycles. The lowest BCUT2D eigenvalue weighted by atomic mass is 10.0. The van der Waals surface area contributed by atoms with Crippen molar-refractivity contribution in [3.8, 4) is 0 Å². The maximum absolute atomic E-state index is 9.30. The molecule has 1 fully saturated rings. The molecule has 106 valence electrons. The van der Waals surface area contributed by atoms with Crippen LogP contribution >= 0.6 is 0 Å². The minimum absolute atomic E-state index is 0.0475. The Morgan fingerprint density at radius 2 is 2.42 bits per heavy atom. The van der Waals surface area contributed by atoms with Crippen LogP contribution in [-0.4, -0.2) is 46.4 Å². The molecule has 0 radical (unpaired) electrons. The third kappa shape index (κ3) is 3.87. The quantitative estimate of drug-likeness (QED) is 0.538. The standard InChI is InChI=1S/C13H22N4O2/c1-13(2)9-17(7-11(8-18)19-13)6-10-3-4-15-12(5-10)16-14/h3-5,11,18H,6-9,14H2,1-2H3,(H,15,16). The molecule has 1 aromatic rings. The average Bonchev–Trinajstić information content (AvgIpc) is 2.37. The van der Waals surface area contributed by atoms with E-state index in [0.29, 0.717) is 5.82 Å². The van der Waals surface area contributed by atoms with Crippen LogP contribution < -0.4 is 11.3 Å². The van der Waals surface area contributed by atoms with Crippen molar-refractivity contribution in [2.24, 2.45) is 5.84 Å². The number of hydrogen-bond acceptors (Lipinski definition) is 6. The fourth-order valence-corrected chi connectivity index (χ4v) is 2.54. The molecular weight excluding hydrogens is 244 g/mol. The molecular formula is C13H22N4O2. The molecule has 19 heavy (non-hydrogen) atoms. The summed E-state index contributed by atoms with van der Waals surface area (Å²) in [6, 6.07) is 3.90. The molecule has 2 rings (SSSR count). The second-order valence-corrected chi connectivity index (χ2v) is 5.55. The number of hydrazine groups is 1. The van der Waals surface area contributed by atoms with Crippen LogP contribution in [0.3, 0.4) is 0 Å². The number of pyridine rings is 1. The number of rotatable bonds is 4. The smallest absolute Gasteiger partial charge is 0.140 e. The molecule has 1 aromatic heterocycles. The van der Waals surface area contributed by atoms with Crippen molar-refractivity contribution >= 4 is 5.82 Å². The molecule has 0 amide bonds. The van der Waals surface area contributed by atoms with E-state index >= 15 is 0 Å². The van der Waals surface area contributed by atoms with E-state index in [4.69, 9.17) is 10.6 Å². The van der Waals surface area contributed by atoms with Crippen LogP contribution in [0.1, 0.15) is 19.4 Å². The lowest BCUT2D eigenvalue weighted by Crippen LogP contribution is -2.53. The van der Waals surface area contributed by atoms with Crippen molar-refractivity contribution in [2.45, 2.75) is 32.1 Å². The van der Waals surface area contributed by atoms with Gasteiger partial charge in [0.1, 0.15) is 5.82 Å². The highest BCUT2D eigenvalue weighted by Crippen LogP contribution is 2.22. The summed E-state index contributed by atoms with van der Waals surface area (Å²) in [6.07, 6.45) is 1.61. The highest BCUT2D eigenvalue weighted by molar-refractivity contribution is 5.35. The van der Waals surface area contributed by atoms with Crippen LogP contribution in [0, 0.1) is 0 Å². The normalized spacial score (nSPS) is 23.3. The summed E-state index contributed by atoms with van der Waals surface area (Å²) in [4.78, 5) is 6.37. The SMILES string of the molecule is CC1(C)CN(Cc2ccnc(NN)c2)CC(CO)O1. The molecule has 1 atom stereocenters. The highest BCUT2D eigenvalue weighted by atomic mass is 16.5. The van der Waals surface area contributed by atoms with E-state index in [0.717, 1.165) is 25.2 Å². The number of ether oxygens (including phenoxy) is 1. The Labute approximate surface area is 113 Å². The lowest BCUT2D eigenvalue weighted by Gasteiger charge is -2.42. The number of nitrogens with one attached hydrogen (secondary N) is 1. The Morgan fingerprint density at radius 3 is 3.11 bits per heavy atom. The van der Waals surface area contributed by atoms with E-state index in [-0.39, 0.29) is 18.3 Å². The van der Waals surface area contributed by atoms with Gasteiger partial charge in [-0.25, -0.2) is 10.8 Å². The summed E-state index contributed by atoms with van der Waals surface area (Å²) < 4.78 is 5.80. The zero-order valence-electron chi connectivity index (χ0n) is 11.5. The maximum Gasteiger partial charge on any atom is 0.140 e. The van der Waals surface area contributed by atoms with E-state index in [1.807, 2.05) is 26.0 Å². The van der Waals surface area contributed by atoms with Gasteiger partial charge < -0.3 is 15.3 Å². The van der Waals surface area contributed by atoms with Gasteiger partial charge in [0, 0.05) is 25.8 Å². The summed E-state index contributed by atoms with van der Waals surface area (Å²) in [6.45, 7) is 6.49. The summed E-state index contributed by atoms with van der Waals surface area (Å²) in [5.41, 5.74) is 3.44. The summed E-state index contributed by atoms with van der Waals surface area (Å²) in [5.74, 6) is 6.02. The van der Waals surface area contributed by atoms with Crippen molar-refractivity contribution in [2.75, 3.05) is 25.1 Å². The van der Waals surface area contributed by atoms with Gasteiger partial charge in [-0.15, -0.1) is 0 Å². The number of hydrogen-bond donors (Lipinski definition) is 3. The predicted octanol–water partition coefficient (Wildman–Crippen LogP) is 0.339. The van der Waals surface area contributed by atoms with Crippen LogP contribution in [0.15, 0.2) is 18.3 Å². The largest absolute Gasteiger partial charge is 0.394 e. The van der Waals surface area contributed by atoms with Gasteiger partial charge in [0.15, 0.2) is 0 Å². The van der Waals surface area contributed by atoms with E-state index in [2.05, 4.69) is 15.3 Å². The number of aliphatic hydroxyl groups excluding tert-OH is 1. The number of anilines is 1. The third-order valence-electron chi connectivity index (χ3n) is 3.13. The molecule has 1 aliphatic heterocycles. The van der Waals surface area contributed by atoms with Crippen molar-refractivity contribution < 1.29 is 9.84 Å². The van der Waals surface area contributed by atoms with Gasteiger partial charge in [0.25, 0.3) is 0 Å². The first-order valence-electron chi connectivity index (χ1n) is 6.45. The first-order valence-corrected chi connectivity index (χ1v) is 6.45. The summed E-state index contributed by atoms with van der Waals surface area (Å²) in [5, 5.41) is 9.30. The number of nitrogen functional groups attached to an aromatic ring is 1. The first-order chi connectivity index (χ1) is 9.02. The monoisotopic (exact) mass is 266 g/mol. The molecule has 6 heteroatoms. The second-order valence-electron chi connectivity index (χ2n) is 5.55. The minimum atomic E-state index is -0.242. The van der Waals surface area contributed by atoms with E-state index in [9.17, 15) is 5.11 Å². The molecule has 1 saturated heterocycles. The Morgan fingerprint density at radius 1 is 1.63 bits per heavy atom. The Bertz CT molecular complexity index is 425. The predicted molar refractivity (Wildman–Crippen MR) is 73.4 cm³/mol. The van der Waals surface area contributed by atoms with Crippen LogP contribution in [-0.2, 0) is 11.3 Å². The van der Waals surface area contributed by atoms with Crippen molar-refractivity contribution in [1.82, 2.24) is 9.88 Å². The molecule has 1 aliphatic rings. The van der Waals surface area contributed by atoms with E-state index in [1.54, 1.807) is 6.20 Å². The molecule has 0 spiro atoms. The van der Waals surface area contributed by atoms with Gasteiger partial charge in [-0.05, 0) is 31.5 Å². The summed E-state index contributed by atoms with van der Waals surface area (Å²) >= 11 is 0. The molecule has 0 aromatic carbocycles. The molecule has 4 N–H and O–H groups in total. The van der Waals surface area contributed by atoms with Crippen LogP contribution in [0.5, 0.6) is 0 Å². The van der Waals surface area contributed by atoms with E-state index < -0.39 is 0 Å². The van der Waals surface area contributed by atoms with Gasteiger partial charge in [-0.3, -0.25) is 4.90 Å². The first kappa shape index (κ1) is 14.2. The van der Waals surface area contributed by atoms with Crippen molar-refractivity contribution in [3.63, 3.8) is 0 Å². The van der Waals surface area contributed by atoms with Gasteiger partial charge >= 0.3 is 0 Å². The van der Waals surface area contributed by atoms with Crippen LogP contribution in [0.2, 0.25) is 0 Å². The fraction of sp³-hybridized carbons (Fsp3) is 0.615. The van der Waals surface area contributed by atoms with Crippen molar-refractivity contribution in [3.05, 3.63) is 23.9 Å². The molecule has 0 bridgehead atoms. The van der Waals surface area contributed by atoms with Gasteiger partial charge in [-0.1, -0.05) is 0 Å². The molecule has 6 nitrogen and oxygen atoms in total. The van der Waals surface area contributed by atoms with Gasteiger partial charge in [0.05, 0.1) is 18.3 Å². The molecule has 0 aliphatic carbocycles. The van der Waals surface area contributed by atoms with Crippen LogP contribution in [0.25, 0.3) is 0 Å². The highest BCUT2D eigenvalue weighted by Gasteiger charge is 2.32. The Kier molecular flexibility index (Phi) is 4.36. The van der Waals surface area contributed by atoms with Gasteiger partial charge in [-0.2, -0.15) is 0 Å². The van der Waals surface area contributed by atoms with E-state index in [1.165, 1.54) is 0 Å². The lowest BCUT2D eigenvalue weighted by molar-refractivity contribution is -0.150. The third-order valence-corrected chi connectivity index (χ3v) is 3.13. The number of morpholine rings is 1. The van der Waals surface area contributed by atoms with Crippen LogP contribution in [0.4, 0.5) is 5.82 Å². The number of nitrogens with zero attached hydrogens (tertiary/aromatic N) is 2. The number of aromatic nitrogens is 1. The Hall–Kier alpha value is -1.21.